The number of rotatable bonds is 7. The second kappa shape index (κ2) is 7.62. The van der Waals surface area contributed by atoms with Crippen molar-refractivity contribution in [2.24, 2.45) is 18.8 Å². The highest BCUT2D eigenvalue weighted by molar-refractivity contribution is 4.97. The van der Waals surface area contributed by atoms with Crippen molar-refractivity contribution < 1.29 is 4.74 Å². The van der Waals surface area contributed by atoms with E-state index < -0.39 is 0 Å². The molecule has 19 heavy (non-hydrogen) atoms. The monoisotopic (exact) mass is 266 g/mol. The molecule has 0 aliphatic carbocycles. The topological polar surface area (TPSA) is 65.1 Å². The minimum atomic E-state index is 0.162. The lowest BCUT2D eigenvalue weighted by molar-refractivity contribution is 0.0630. The largest absolute Gasteiger partial charge is 0.381 e. The van der Waals surface area contributed by atoms with Gasteiger partial charge in [0.2, 0.25) is 0 Å². The summed E-state index contributed by atoms with van der Waals surface area (Å²) in [7, 11) is 2.01. The van der Waals surface area contributed by atoms with Gasteiger partial charge in [-0.3, -0.25) is 5.84 Å². The second-order valence-electron chi connectivity index (χ2n) is 5.46. The molecule has 0 bridgehead atoms. The van der Waals surface area contributed by atoms with Crippen LogP contribution < -0.4 is 11.3 Å². The summed E-state index contributed by atoms with van der Waals surface area (Å²) in [6.07, 6.45) is 11.1. The van der Waals surface area contributed by atoms with Crippen molar-refractivity contribution in [1.82, 2.24) is 15.0 Å². The molecule has 108 valence electrons. The Kier molecular flexibility index (Phi) is 5.82. The number of aryl methyl sites for hydroxylation is 1. The molecule has 5 heteroatoms. The van der Waals surface area contributed by atoms with Gasteiger partial charge in [-0.25, -0.2) is 10.4 Å². The minimum Gasteiger partial charge on any atom is -0.381 e. The maximum atomic E-state index is 5.64. The van der Waals surface area contributed by atoms with Crippen molar-refractivity contribution in [3.05, 3.63) is 18.2 Å². The number of aromatic nitrogens is 2. The molecule has 1 unspecified atom stereocenters. The van der Waals surface area contributed by atoms with E-state index in [1.165, 1.54) is 32.1 Å². The van der Waals surface area contributed by atoms with Gasteiger partial charge < -0.3 is 9.30 Å². The van der Waals surface area contributed by atoms with E-state index >= 15 is 0 Å². The summed E-state index contributed by atoms with van der Waals surface area (Å²) in [5.41, 5.74) is 2.88. The Hall–Kier alpha value is -0.910. The SMILES string of the molecule is Cn1ccnc1C(CCCCC1CCOCC1)NN. The van der Waals surface area contributed by atoms with Crippen LogP contribution in [0, 0.1) is 5.92 Å². The summed E-state index contributed by atoms with van der Waals surface area (Å²) in [6, 6.07) is 0.162. The van der Waals surface area contributed by atoms with E-state index in [0.29, 0.717) is 0 Å². The zero-order valence-electron chi connectivity index (χ0n) is 11.8. The van der Waals surface area contributed by atoms with Crippen LogP contribution in [0.15, 0.2) is 12.4 Å². The summed E-state index contributed by atoms with van der Waals surface area (Å²) < 4.78 is 7.42. The minimum absolute atomic E-state index is 0.162. The van der Waals surface area contributed by atoms with Crippen LogP contribution in [0.25, 0.3) is 0 Å². The molecule has 1 aromatic rings. The highest BCUT2D eigenvalue weighted by Gasteiger charge is 2.16. The summed E-state index contributed by atoms with van der Waals surface area (Å²) in [5, 5.41) is 0. The Morgan fingerprint density at radius 3 is 2.89 bits per heavy atom. The summed E-state index contributed by atoms with van der Waals surface area (Å²) in [4.78, 5) is 4.36. The zero-order valence-corrected chi connectivity index (χ0v) is 11.8. The van der Waals surface area contributed by atoms with Crippen LogP contribution in [-0.2, 0) is 11.8 Å². The van der Waals surface area contributed by atoms with Crippen LogP contribution in [0.5, 0.6) is 0 Å². The van der Waals surface area contributed by atoms with Crippen LogP contribution >= 0.6 is 0 Å². The summed E-state index contributed by atoms with van der Waals surface area (Å²) in [6.45, 7) is 1.90. The average molecular weight is 266 g/mol. The molecular weight excluding hydrogens is 240 g/mol. The van der Waals surface area contributed by atoms with Crippen molar-refractivity contribution in [2.45, 2.75) is 44.6 Å². The number of nitrogens with one attached hydrogen (secondary N) is 1. The molecule has 1 atom stereocenters. The van der Waals surface area contributed by atoms with Gasteiger partial charge in [-0.05, 0) is 25.2 Å². The molecule has 1 saturated heterocycles. The molecule has 2 heterocycles. The van der Waals surface area contributed by atoms with Crippen molar-refractivity contribution in [1.29, 1.82) is 0 Å². The lowest BCUT2D eigenvalue weighted by Crippen LogP contribution is -2.30. The number of unbranched alkanes of at least 4 members (excludes halogenated alkanes) is 1. The third-order valence-corrected chi connectivity index (χ3v) is 4.07. The Labute approximate surface area is 115 Å². The highest BCUT2D eigenvalue weighted by Crippen LogP contribution is 2.23. The number of ether oxygens (including phenoxy) is 1. The molecule has 0 aromatic carbocycles. The fourth-order valence-electron chi connectivity index (χ4n) is 2.82. The van der Waals surface area contributed by atoms with Gasteiger partial charge in [0.05, 0.1) is 6.04 Å². The Morgan fingerprint density at radius 1 is 1.47 bits per heavy atom. The lowest BCUT2D eigenvalue weighted by Gasteiger charge is -2.22. The van der Waals surface area contributed by atoms with Crippen LogP contribution in [0.2, 0.25) is 0 Å². The van der Waals surface area contributed by atoms with Crippen LogP contribution in [0.4, 0.5) is 0 Å². The van der Waals surface area contributed by atoms with Gasteiger partial charge in [0.15, 0.2) is 0 Å². The van der Waals surface area contributed by atoms with Gasteiger partial charge in [-0.2, -0.15) is 0 Å². The van der Waals surface area contributed by atoms with Crippen molar-refractivity contribution >= 4 is 0 Å². The van der Waals surface area contributed by atoms with E-state index in [0.717, 1.165) is 31.4 Å². The van der Waals surface area contributed by atoms with Gasteiger partial charge in [-0.1, -0.05) is 19.3 Å². The fraction of sp³-hybridized carbons (Fsp3) is 0.786. The van der Waals surface area contributed by atoms with Crippen molar-refractivity contribution in [3.8, 4) is 0 Å². The molecule has 1 fully saturated rings. The Bertz CT molecular complexity index is 360. The standard InChI is InChI=1S/C14H26N4O/c1-18-9-8-16-14(18)13(17-15)5-3-2-4-12-6-10-19-11-7-12/h8-9,12-13,17H,2-7,10-11,15H2,1H3. The first-order valence-corrected chi connectivity index (χ1v) is 7.32. The maximum absolute atomic E-state index is 5.64. The molecule has 1 aliphatic rings. The second-order valence-corrected chi connectivity index (χ2v) is 5.46. The Morgan fingerprint density at radius 2 is 2.26 bits per heavy atom. The number of hydrazine groups is 1. The van der Waals surface area contributed by atoms with E-state index in [2.05, 4.69) is 10.4 Å². The van der Waals surface area contributed by atoms with E-state index in [4.69, 9.17) is 10.6 Å². The zero-order chi connectivity index (χ0) is 13.5. The third-order valence-electron chi connectivity index (χ3n) is 4.07. The van der Waals surface area contributed by atoms with Gasteiger partial charge in [0.25, 0.3) is 0 Å². The molecular formula is C14H26N4O. The molecule has 3 N–H and O–H groups in total. The third kappa shape index (κ3) is 4.30. The predicted molar refractivity (Wildman–Crippen MR) is 75.3 cm³/mol. The van der Waals surface area contributed by atoms with Gasteiger partial charge >= 0.3 is 0 Å². The number of imidazole rings is 1. The lowest BCUT2D eigenvalue weighted by atomic mass is 9.93. The first-order valence-electron chi connectivity index (χ1n) is 7.32. The van der Waals surface area contributed by atoms with Gasteiger partial charge in [-0.15, -0.1) is 0 Å². The average Bonchev–Trinajstić information content (AvgIpc) is 2.86. The molecule has 0 saturated carbocycles. The predicted octanol–water partition coefficient (Wildman–Crippen LogP) is 1.91. The molecule has 0 radical (unpaired) electrons. The van der Waals surface area contributed by atoms with Crippen LogP contribution in [-0.4, -0.2) is 22.8 Å². The number of nitrogens with two attached hydrogens (primary N) is 1. The van der Waals surface area contributed by atoms with Crippen molar-refractivity contribution in [2.75, 3.05) is 13.2 Å². The van der Waals surface area contributed by atoms with Gasteiger partial charge in [0, 0.05) is 32.7 Å². The van der Waals surface area contributed by atoms with Crippen molar-refractivity contribution in [3.63, 3.8) is 0 Å². The quantitative estimate of drug-likeness (QED) is 0.449. The first-order chi connectivity index (χ1) is 9.31. The molecule has 0 amide bonds. The normalized spacial score (nSPS) is 18.6. The molecule has 1 aliphatic heterocycles. The summed E-state index contributed by atoms with van der Waals surface area (Å²) >= 11 is 0. The molecule has 1 aromatic heterocycles. The molecule has 0 spiro atoms. The van der Waals surface area contributed by atoms with Crippen LogP contribution in [0.1, 0.15) is 50.4 Å². The highest BCUT2D eigenvalue weighted by atomic mass is 16.5. The van der Waals surface area contributed by atoms with E-state index in [1.807, 2.05) is 24.0 Å². The number of nitrogens with zero attached hydrogens (tertiary/aromatic N) is 2. The van der Waals surface area contributed by atoms with Crippen LogP contribution in [0.3, 0.4) is 0 Å². The van der Waals surface area contributed by atoms with Gasteiger partial charge in [0.1, 0.15) is 5.82 Å². The first kappa shape index (κ1) is 14.5. The van der Waals surface area contributed by atoms with E-state index in [9.17, 15) is 0 Å². The molecule has 5 nitrogen and oxygen atoms in total. The van der Waals surface area contributed by atoms with E-state index in [-0.39, 0.29) is 6.04 Å². The smallest absolute Gasteiger partial charge is 0.126 e. The fourth-order valence-corrected chi connectivity index (χ4v) is 2.82. The molecule has 2 rings (SSSR count). The maximum Gasteiger partial charge on any atom is 0.126 e. The van der Waals surface area contributed by atoms with E-state index in [1.54, 1.807) is 0 Å². The number of hydrogen-bond donors (Lipinski definition) is 2. The summed E-state index contributed by atoms with van der Waals surface area (Å²) in [5.74, 6) is 7.53. The Balaban J connectivity index is 1.67. The number of hydrogen-bond acceptors (Lipinski definition) is 4.